The van der Waals surface area contributed by atoms with Crippen LogP contribution in [0.4, 0.5) is 5.82 Å². The summed E-state index contributed by atoms with van der Waals surface area (Å²) in [7, 11) is 2.06. The van der Waals surface area contributed by atoms with Gasteiger partial charge in [-0.3, -0.25) is 0 Å². The van der Waals surface area contributed by atoms with Gasteiger partial charge >= 0.3 is 0 Å². The molecule has 0 saturated heterocycles. The number of rotatable bonds is 4. The van der Waals surface area contributed by atoms with Gasteiger partial charge in [0, 0.05) is 31.9 Å². The standard InChI is InChI=1S/C11H19N3/c1-9(2)8-14(3)11-10(7-12)5-4-6-13-11/h4-6,9H,7-8,12H2,1-3H3. The Morgan fingerprint density at radius 3 is 2.79 bits per heavy atom. The average molecular weight is 193 g/mol. The maximum absolute atomic E-state index is 5.65. The first-order chi connectivity index (χ1) is 6.65. The van der Waals surface area contributed by atoms with Gasteiger partial charge in [-0.15, -0.1) is 0 Å². The molecule has 0 atom stereocenters. The summed E-state index contributed by atoms with van der Waals surface area (Å²) in [6, 6.07) is 3.95. The number of aromatic nitrogens is 1. The highest BCUT2D eigenvalue weighted by Crippen LogP contribution is 2.15. The van der Waals surface area contributed by atoms with Crippen LogP contribution in [0.25, 0.3) is 0 Å². The second-order valence-electron chi connectivity index (χ2n) is 3.96. The molecule has 0 aliphatic heterocycles. The van der Waals surface area contributed by atoms with Crippen LogP contribution in [0.1, 0.15) is 19.4 Å². The lowest BCUT2D eigenvalue weighted by Crippen LogP contribution is -2.25. The summed E-state index contributed by atoms with van der Waals surface area (Å²) in [5, 5.41) is 0. The van der Waals surface area contributed by atoms with E-state index >= 15 is 0 Å². The predicted molar refractivity (Wildman–Crippen MR) is 60.2 cm³/mol. The van der Waals surface area contributed by atoms with Gasteiger partial charge in [-0.2, -0.15) is 0 Å². The van der Waals surface area contributed by atoms with Crippen molar-refractivity contribution in [1.29, 1.82) is 0 Å². The molecule has 1 heterocycles. The van der Waals surface area contributed by atoms with Crippen LogP contribution < -0.4 is 10.6 Å². The summed E-state index contributed by atoms with van der Waals surface area (Å²) < 4.78 is 0. The average Bonchev–Trinajstić information content (AvgIpc) is 2.16. The Morgan fingerprint density at radius 1 is 1.50 bits per heavy atom. The van der Waals surface area contributed by atoms with E-state index in [1.165, 1.54) is 0 Å². The van der Waals surface area contributed by atoms with E-state index in [0.717, 1.165) is 17.9 Å². The molecule has 3 heteroatoms. The summed E-state index contributed by atoms with van der Waals surface area (Å²) in [5.74, 6) is 1.64. The third-order valence-corrected chi connectivity index (χ3v) is 2.09. The summed E-state index contributed by atoms with van der Waals surface area (Å²) in [5.41, 5.74) is 6.76. The molecule has 1 aromatic heterocycles. The lowest BCUT2D eigenvalue weighted by molar-refractivity contribution is 0.633. The van der Waals surface area contributed by atoms with E-state index < -0.39 is 0 Å². The molecule has 1 aromatic rings. The van der Waals surface area contributed by atoms with E-state index in [4.69, 9.17) is 5.73 Å². The van der Waals surface area contributed by atoms with Crippen LogP contribution in [-0.2, 0) is 6.54 Å². The van der Waals surface area contributed by atoms with Crippen LogP contribution >= 0.6 is 0 Å². The largest absolute Gasteiger partial charge is 0.359 e. The number of nitrogens with two attached hydrogens (primary N) is 1. The molecule has 3 nitrogen and oxygen atoms in total. The van der Waals surface area contributed by atoms with Crippen molar-refractivity contribution >= 4 is 5.82 Å². The number of pyridine rings is 1. The number of anilines is 1. The van der Waals surface area contributed by atoms with Gasteiger partial charge in [-0.05, 0) is 12.0 Å². The third kappa shape index (κ3) is 2.70. The van der Waals surface area contributed by atoms with Gasteiger partial charge in [0.15, 0.2) is 0 Å². The highest BCUT2D eigenvalue weighted by atomic mass is 15.2. The first-order valence-electron chi connectivity index (χ1n) is 5.00. The molecule has 0 radical (unpaired) electrons. The lowest BCUT2D eigenvalue weighted by Gasteiger charge is -2.22. The van der Waals surface area contributed by atoms with Crippen molar-refractivity contribution in [3.8, 4) is 0 Å². The van der Waals surface area contributed by atoms with Gasteiger partial charge in [-0.1, -0.05) is 19.9 Å². The Bertz CT molecular complexity index is 284. The lowest BCUT2D eigenvalue weighted by atomic mass is 10.2. The van der Waals surface area contributed by atoms with Gasteiger partial charge in [0.25, 0.3) is 0 Å². The van der Waals surface area contributed by atoms with E-state index in [1.54, 1.807) is 0 Å². The molecule has 1 rings (SSSR count). The Hall–Kier alpha value is -1.09. The molecule has 0 unspecified atom stereocenters. The van der Waals surface area contributed by atoms with Crippen molar-refractivity contribution in [3.63, 3.8) is 0 Å². The monoisotopic (exact) mass is 193 g/mol. The van der Waals surface area contributed by atoms with Crippen LogP contribution in [0.15, 0.2) is 18.3 Å². The summed E-state index contributed by atoms with van der Waals surface area (Å²) in [4.78, 5) is 6.51. The topological polar surface area (TPSA) is 42.2 Å². The van der Waals surface area contributed by atoms with Crippen molar-refractivity contribution in [3.05, 3.63) is 23.9 Å². The minimum atomic E-state index is 0.547. The summed E-state index contributed by atoms with van der Waals surface area (Å²) >= 11 is 0. The zero-order valence-electron chi connectivity index (χ0n) is 9.20. The van der Waals surface area contributed by atoms with Crippen molar-refractivity contribution in [1.82, 2.24) is 4.98 Å². The van der Waals surface area contributed by atoms with Crippen LogP contribution in [0.3, 0.4) is 0 Å². The molecule has 0 aliphatic carbocycles. The highest BCUT2D eigenvalue weighted by Gasteiger charge is 2.08. The van der Waals surface area contributed by atoms with Crippen molar-refractivity contribution < 1.29 is 0 Å². The Kier molecular flexibility index (Phi) is 3.89. The molecule has 0 bridgehead atoms. The SMILES string of the molecule is CC(C)CN(C)c1ncccc1CN. The molecule has 14 heavy (non-hydrogen) atoms. The first kappa shape index (κ1) is 11.0. The van der Waals surface area contributed by atoms with Crippen molar-refractivity contribution in [2.45, 2.75) is 20.4 Å². The van der Waals surface area contributed by atoms with Gasteiger partial charge in [0.05, 0.1) is 0 Å². The van der Waals surface area contributed by atoms with Crippen molar-refractivity contribution in [2.75, 3.05) is 18.5 Å². The molecule has 78 valence electrons. The predicted octanol–water partition coefficient (Wildman–Crippen LogP) is 1.63. The molecule has 0 aliphatic rings. The zero-order valence-corrected chi connectivity index (χ0v) is 9.20. The Balaban J connectivity index is 2.82. The molecular formula is C11H19N3. The molecule has 0 saturated carbocycles. The fourth-order valence-electron chi connectivity index (χ4n) is 1.57. The van der Waals surface area contributed by atoms with Crippen LogP contribution in [0.5, 0.6) is 0 Å². The van der Waals surface area contributed by atoms with Gasteiger partial charge < -0.3 is 10.6 Å². The van der Waals surface area contributed by atoms with Gasteiger partial charge in [0.1, 0.15) is 5.82 Å². The minimum absolute atomic E-state index is 0.547. The summed E-state index contributed by atoms with van der Waals surface area (Å²) in [6.45, 7) is 5.94. The molecule has 0 spiro atoms. The van der Waals surface area contributed by atoms with Crippen LogP contribution in [-0.4, -0.2) is 18.6 Å². The molecule has 0 fully saturated rings. The van der Waals surface area contributed by atoms with Gasteiger partial charge in [-0.25, -0.2) is 4.98 Å². The molecule has 0 aromatic carbocycles. The maximum Gasteiger partial charge on any atom is 0.132 e. The molecular weight excluding hydrogens is 174 g/mol. The number of hydrogen-bond donors (Lipinski definition) is 1. The normalized spacial score (nSPS) is 10.6. The van der Waals surface area contributed by atoms with E-state index in [9.17, 15) is 0 Å². The number of hydrogen-bond acceptors (Lipinski definition) is 3. The molecule has 0 amide bonds. The second kappa shape index (κ2) is 4.96. The maximum atomic E-state index is 5.65. The molecule has 2 N–H and O–H groups in total. The van der Waals surface area contributed by atoms with Gasteiger partial charge in [0.2, 0.25) is 0 Å². The fraction of sp³-hybridized carbons (Fsp3) is 0.545. The second-order valence-corrected chi connectivity index (χ2v) is 3.96. The van der Waals surface area contributed by atoms with E-state index in [1.807, 2.05) is 18.3 Å². The first-order valence-corrected chi connectivity index (χ1v) is 5.00. The fourth-order valence-corrected chi connectivity index (χ4v) is 1.57. The summed E-state index contributed by atoms with van der Waals surface area (Å²) in [6.07, 6.45) is 1.81. The van der Waals surface area contributed by atoms with E-state index in [0.29, 0.717) is 12.5 Å². The van der Waals surface area contributed by atoms with Crippen LogP contribution in [0, 0.1) is 5.92 Å². The quantitative estimate of drug-likeness (QED) is 0.790. The Labute approximate surface area is 85.9 Å². The minimum Gasteiger partial charge on any atom is -0.359 e. The smallest absolute Gasteiger partial charge is 0.132 e. The van der Waals surface area contributed by atoms with E-state index in [-0.39, 0.29) is 0 Å². The zero-order chi connectivity index (χ0) is 10.6. The van der Waals surface area contributed by atoms with Crippen LogP contribution in [0.2, 0.25) is 0 Å². The highest BCUT2D eigenvalue weighted by molar-refractivity contribution is 5.45. The van der Waals surface area contributed by atoms with E-state index in [2.05, 4.69) is 30.8 Å². The third-order valence-electron chi connectivity index (χ3n) is 2.09. The number of nitrogens with zero attached hydrogens (tertiary/aromatic N) is 2. The van der Waals surface area contributed by atoms with Crippen molar-refractivity contribution in [2.24, 2.45) is 11.7 Å². The Morgan fingerprint density at radius 2 is 2.21 bits per heavy atom.